The van der Waals surface area contributed by atoms with Crippen LogP contribution in [-0.2, 0) is 11.8 Å². The molecule has 188 valence electrons. The van der Waals surface area contributed by atoms with Crippen LogP contribution in [0.1, 0.15) is 36.5 Å². The highest BCUT2D eigenvalue weighted by Gasteiger charge is 2.58. The lowest BCUT2D eigenvalue weighted by molar-refractivity contribution is -0.0198. The second-order valence-corrected chi connectivity index (χ2v) is 10.0. The maximum Gasteiger partial charge on any atom is 0.346 e. The third kappa shape index (κ3) is 3.47. The van der Waals surface area contributed by atoms with Crippen molar-refractivity contribution in [1.29, 1.82) is 0 Å². The van der Waals surface area contributed by atoms with Crippen molar-refractivity contribution in [2.45, 2.75) is 50.2 Å². The number of aromatic nitrogens is 3. The lowest BCUT2D eigenvalue weighted by Gasteiger charge is -2.24. The summed E-state index contributed by atoms with van der Waals surface area (Å²) in [6, 6.07) is 3.86. The van der Waals surface area contributed by atoms with Crippen LogP contribution in [0.15, 0.2) is 29.2 Å². The zero-order chi connectivity index (χ0) is 25.4. The number of esters is 1. The van der Waals surface area contributed by atoms with Gasteiger partial charge in [-0.15, -0.1) is 0 Å². The molecule has 2 N–H and O–H groups in total. The van der Waals surface area contributed by atoms with Crippen molar-refractivity contribution in [3.8, 4) is 0 Å². The third-order valence-electron chi connectivity index (χ3n) is 7.18. The van der Waals surface area contributed by atoms with Crippen LogP contribution in [0.4, 0.5) is 31.9 Å². The minimum absolute atomic E-state index is 0.0562. The van der Waals surface area contributed by atoms with Gasteiger partial charge in [0.1, 0.15) is 17.2 Å². The van der Waals surface area contributed by atoms with Crippen molar-refractivity contribution < 1.29 is 18.3 Å². The Balaban J connectivity index is 1.41. The van der Waals surface area contributed by atoms with Crippen LogP contribution in [0.5, 0.6) is 0 Å². The summed E-state index contributed by atoms with van der Waals surface area (Å²) in [6.07, 6.45) is 2.28. The van der Waals surface area contributed by atoms with E-state index in [9.17, 15) is 18.4 Å². The van der Waals surface area contributed by atoms with Crippen molar-refractivity contribution in [3.05, 3.63) is 45.3 Å². The van der Waals surface area contributed by atoms with Crippen molar-refractivity contribution >= 4 is 51.6 Å². The summed E-state index contributed by atoms with van der Waals surface area (Å²) in [5.74, 6) is -2.96. The van der Waals surface area contributed by atoms with Gasteiger partial charge in [-0.2, -0.15) is 4.98 Å². The van der Waals surface area contributed by atoms with Crippen LogP contribution >= 0.6 is 11.6 Å². The zero-order valence-corrected chi connectivity index (χ0v) is 20.3. The summed E-state index contributed by atoms with van der Waals surface area (Å²) in [6.45, 7) is 1.98. The van der Waals surface area contributed by atoms with E-state index >= 15 is 0 Å². The van der Waals surface area contributed by atoms with E-state index in [4.69, 9.17) is 16.3 Å². The number of halogens is 3. The fourth-order valence-electron chi connectivity index (χ4n) is 5.48. The standard InChI is InChI=1S/C24H23ClF2N6O3/c1-11-10-36-22(35)18-19(29-11)14-7-12(3-5-16(14)32(2)21(18)34)30-20-15(25)9-28-23(31-20)33-13-4-6-17(33)24(26,27)8-13/h3,5,7,9,11,13,17,29H,4,6,8,10H2,1-2H3,(H,28,30,31)/t11-,13?,17?/m0/s1. The Hall–Kier alpha value is -3.47. The smallest absolute Gasteiger partial charge is 0.346 e. The quantitative estimate of drug-likeness (QED) is 0.502. The molecule has 6 rings (SSSR count). The molecule has 0 saturated carbocycles. The highest BCUT2D eigenvalue weighted by atomic mass is 35.5. The molecule has 0 aliphatic carbocycles. The molecule has 2 fully saturated rings. The number of benzene rings is 1. The number of nitrogens with one attached hydrogen (secondary N) is 2. The van der Waals surface area contributed by atoms with Gasteiger partial charge in [0.25, 0.3) is 11.5 Å². The van der Waals surface area contributed by atoms with E-state index in [0.29, 0.717) is 35.1 Å². The Morgan fingerprint density at radius 3 is 2.81 bits per heavy atom. The van der Waals surface area contributed by atoms with E-state index in [2.05, 4.69) is 20.6 Å². The SMILES string of the molecule is C[C@H]1COC(=O)c2c(c3cc(Nc4nc(N5C6CCC5C(F)(F)C6)ncc4Cl)ccc3n(C)c2=O)N1. The number of anilines is 4. The van der Waals surface area contributed by atoms with Gasteiger partial charge in [-0.1, -0.05) is 11.6 Å². The monoisotopic (exact) mass is 516 g/mol. The second-order valence-electron chi connectivity index (χ2n) is 9.60. The number of carbonyl (C=O) groups excluding carboxylic acids is 1. The minimum Gasteiger partial charge on any atom is -0.460 e. The van der Waals surface area contributed by atoms with Gasteiger partial charge in [0.05, 0.1) is 29.5 Å². The highest BCUT2D eigenvalue weighted by Crippen LogP contribution is 2.49. The van der Waals surface area contributed by atoms with Gasteiger partial charge >= 0.3 is 5.97 Å². The lowest BCUT2D eigenvalue weighted by atomic mass is 9.97. The van der Waals surface area contributed by atoms with E-state index in [1.54, 1.807) is 30.1 Å². The first kappa shape index (κ1) is 23.0. The second kappa shape index (κ2) is 8.02. The van der Waals surface area contributed by atoms with Gasteiger partial charge in [-0.25, -0.2) is 18.6 Å². The van der Waals surface area contributed by atoms with Gasteiger partial charge in [-0.05, 0) is 38.0 Å². The van der Waals surface area contributed by atoms with Gasteiger partial charge in [0, 0.05) is 30.6 Å². The summed E-state index contributed by atoms with van der Waals surface area (Å²) in [5.41, 5.74) is 1.09. The molecule has 3 aliphatic rings. The Bertz CT molecular complexity index is 1480. The zero-order valence-electron chi connectivity index (χ0n) is 19.5. The van der Waals surface area contributed by atoms with Crippen LogP contribution in [0.3, 0.4) is 0 Å². The number of aryl methyl sites for hydroxylation is 1. The molecule has 0 amide bonds. The fraction of sp³-hybridized carbons (Fsp3) is 0.417. The maximum absolute atomic E-state index is 14.3. The Morgan fingerprint density at radius 2 is 2.08 bits per heavy atom. The summed E-state index contributed by atoms with van der Waals surface area (Å²) in [4.78, 5) is 35.8. The summed E-state index contributed by atoms with van der Waals surface area (Å²) < 4.78 is 35.3. The molecule has 2 aromatic heterocycles. The van der Waals surface area contributed by atoms with Crippen LogP contribution in [0.25, 0.3) is 10.9 Å². The maximum atomic E-state index is 14.3. The topological polar surface area (TPSA) is 101 Å². The average molecular weight is 517 g/mol. The first-order valence-corrected chi connectivity index (χ1v) is 12.1. The summed E-state index contributed by atoms with van der Waals surface area (Å²) in [5, 5.41) is 7.23. The van der Waals surface area contributed by atoms with Crippen molar-refractivity contribution in [2.75, 3.05) is 22.1 Å². The van der Waals surface area contributed by atoms with E-state index in [-0.39, 0.29) is 47.5 Å². The van der Waals surface area contributed by atoms with Crippen molar-refractivity contribution in [2.24, 2.45) is 7.05 Å². The largest absolute Gasteiger partial charge is 0.460 e. The van der Waals surface area contributed by atoms with Gasteiger partial charge in [0.2, 0.25) is 5.95 Å². The molecule has 36 heavy (non-hydrogen) atoms. The molecule has 2 bridgehead atoms. The number of cyclic esters (lactones) is 1. The van der Waals surface area contributed by atoms with E-state index in [1.165, 1.54) is 10.8 Å². The normalized spacial score (nSPS) is 24.3. The first-order valence-electron chi connectivity index (χ1n) is 11.7. The van der Waals surface area contributed by atoms with Crippen molar-refractivity contribution in [1.82, 2.24) is 14.5 Å². The average Bonchev–Trinajstić information content (AvgIpc) is 3.31. The number of rotatable bonds is 3. The number of nitrogens with zero attached hydrogens (tertiary/aromatic N) is 4. The number of pyridine rings is 1. The Labute approximate surface area is 209 Å². The molecule has 3 aromatic rings. The molecule has 3 atom stereocenters. The predicted molar refractivity (Wildman–Crippen MR) is 132 cm³/mol. The molecular weight excluding hydrogens is 494 g/mol. The lowest BCUT2D eigenvalue weighted by Crippen LogP contribution is -2.37. The minimum atomic E-state index is -2.77. The van der Waals surface area contributed by atoms with Crippen LogP contribution in [0, 0.1) is 0 Å². The van der Waals surface area contributed by atoms with Crippen molar-refractivity contribution in [3.63, 3.8) is 0 Å². The van der Waals surface area contributed by atoms with E-state index in [0.717, 1.165) is 0 Å². The third-order valence-corrected chi connectivity index (χ3v) is 7.45. The van der Waals surface area contributed by atoms with E-state index in [1.807, 2.05) is 6.92 Å². The van der Waals surface area contributed by atoms with E-state index < -0.39 is 23.5 Å². The summed E-state index contributed by atoms with van der Waals surface area (Å²) in [7, 11) is 1.59. The number of ether oxygens (including phenoxy) is 1. The molecule has 2 saturated heterocycles. The molecule has 2 unspecified atom stereocenters. The van der Waals surface area contributed by atoms with Gasteiger partial charge < -0.3 is 24.8 Å². The number of alkyl halides is 2. The van der Waals surface area contributed by atoms with Crippen LogP contribution in [-0.4, -0.2) is 51.2 Å². The molecule has 12 heteroatoms. The number of hydrogen-bond acceptors (Lipinski definition) is 8. The Morgan fingerprint density at radius 1 is 1.28 bits per heavy atom. The first-order chi connectivity index (χ1) is 17.1. The molecule has 1 aromatic carbocycles. The molecule has 5 heterocycles. The van der Waals surface area contributed by atoms with Gasteiger partial charge in [-0.3, -0.25) is 4.79 Å². The van der Waals surface area contributed by atoms with Crippen LogP contribution in [0.2, 0.25) is 5.02 Å². The predicted octanol–water partition coefficient (Wildman–Crippen LogP) is 4.07. The highest BCUT2D eigenvalue weighted by molar-refractivity contribution is 6.33. The molecular formula is C24H23ClF2N6O3. The fourth-order valence-corrected chi connectivity index (χ4v) is 5.62. The molecule has 3 aliphatic heterocycles. The number of hydrogen-bond donors (Lipinski definition) is 2. The van der Waals surface area contributed by atoms with Gasteiger partial charge in [0.15, 0.2) is 5.82 Å². The summed E-state index contributed by atoms with van der Waals surface area (Å²) >= 11 is 6.36. The molecule has 9 nitrogen and oxygen atoms in total. The number of carbonyl (C=O) groups is 1. The molecule has 0 spiro atoms. The number of fused-ring (bicyclic) bond motifs is 5. The van der Waals surface area contributed by atoms with Crippen LogP contribution < -0.4 is 21.1 Å². The molecule has 0 radical (unpaired) electrons. The Kier molecular flexibility index (Phi) is 5.12.